The van der Waals surface area contributed by atoms with Crippen molar-refractivity contribution in [3.8, 4) is 0 Å². The van der Waals surface area contributed by atoms with Gasteiger partial charge >= 0.3 is 0 Å². The second kappa shape index (κ2) is 6.89. The third-order valence-electron chi connectivity index (χ3n) is 3.24. The van der Waals surface area contributed by atoms with Gasteiger partial charge in [-0.15, -0.1) is 11.3 Å². The minimum Gasteiger partial charge on any atom is -0.350 e. The lowest BCUT2D eigenvalue weighted by Crippen LogP contribution is -2.35. The van der Waals surface area contributed by atoms with Gasteiger partial charge in [0.25, 0.3) is 5.91 Å². The SMILES string of the molecule is C/C(=N/NC(=O)[C@H](C)Nc1nc2ccccc2s1)c1cccs1. The summed E-state index contributed by atoms with van der Waals surface area (Å²) >= 11 is 3.12. The molecule has 0 fully saturated rings. The molecule has 7 heteroatoms. The topological polar surface area (TPSA) is 66.4 Å². The monoisotopic (exact) mass is 344 g/mol. The van der Waals surface area contributed by atoms with E-state index < -0.39 is 6.04 Å². The number of amides is 1. The maximum atomic E-state index is 12.1. The molecule has 5 nitrogen and oxygen atoms in total. The van der Waals surface area contributed by atoms with Crippen molar-refractivity contribution < 1.29 is 4.79 Å². The Morgan fingerprint density at radius 2 is 2.09 bits per heavy atom. The van der Waals surface area contributed by atoms with Crippen molar-refractivity contribution in [3.05, 3.63) is 46.7 Å². The molecule has 0 radical (unpaired) electrons. The lowest BCUT2D eigenvalue weighted by atomic mass is 10.3. The third kappa shape index (κ3) is 3.75. The highest BCUT2D eigenvalue weighted by molar-refractivity contribution is 7.22. The average molecular weight is 344 g/mol. The van der Waals surface area contributed by atoms with E-state index in [1.165, 1.54) is 11.3 Å². The van der Waals surface area contributed by atoms with Crippen LogP contribution in [0.4, 0.5) is 5.13 Å². The molecule has 23 heavy (non-hydrogen) atoms. The summed E-state index contributed by atoms with van der Waals surface area (Å²) in [6, 6.07) is 11.4. The highest BCUT2D eigenvalue weighted by atomic mass is 32.1. The van der Waals surface area contributed by atoms with Crippen molar-refractivity contribution in [2.45, 2.75) is 19.9 Å². The second-order valence-electron chi connectivity index (χ2n) is 5.00. The van der Waals surface area contributed by atoms with Gasteiger partial charge in [0.1, 0.15) is 6.04 Å². The standard InChI is InChI=1S/C16H16N4OS2/c1-10(13-8-5-9-22-13)19-20-15(21)11(2)17-16-18-12-6-3-4-7-14(12)23-16/h3-9,11H,1-2H3,(H,17,18)(H,20,21)/b19-10-/t11-/m0/s1. The summed E-state index contributed by atoms with van der Waals surface area (Å²) in [5.41, 5.74) is 4.32. The number of hydrogen-bond donors (Lipinski definition) is 2. The van der Waals surface area contributed by atoms with E-state index in [4.69, 9.17) is 0 Å². The fourth-order valence-electron chi connectivity index (χ4n) is 1.96. The summed E-state index contributed by atoms with van der Waals surface area (Å²) < 4.78 is 1.09. The molecule has 1 atom stereocenters. The number of benzene rings is 1. The van der Waals surface area contributed by atoms with E-state index in [-0.39, 0.29) is 5.91 Å². The average Bonchev–Trinajstić information content (AvgIpc) is 3.20. The molecule has 0 spiro atoms. The molecule has 0 saturated carbocycles. The first-order valence-electron chi connectivity index (χ1n) is 7.13. The fraction of sp³-hybridized carbons (Fsp3) is 0.188. The van der Waals surface area contributed by atoms with Crippen LogP contribution < -0.4 is 10.7 Å². The molecule has 2 aromatic heterocycles. The lowest BCUT2D eigenvalue weighted by molar-refractivity contribution is -0.121. The van der Waals surface area contributed by atoms with E-state index in [9.17, 15) is 4.79 Å². The minimum absolute atomic E-state index is 0.194. The van der Waals surface area contributed by atoms with Gasteiger partial charge in [-0.25, -0.2) is 10.4 Å². The Bertz CT molecular complexity index is 806. The van der Waals surface area contributed by atoms with Crippen LogP contribution in [-0.4, -0.2) is 22.6 Å². The zero-order chi connectivity index (χ0) is 16.2. The van der Waals surface area contributed by atoms with Crippen LogP contribution in [0, 0.1) is 0 Å². The van der Waals surface area contributed by atoms with Gasteiger partial charge in [-0.3, -0.25) is 4.79 Å². The van der Waals surface area contributed by atoms with Crippen LogP contribution in [-0.2, 0) is 4.79 Å². The van der Waals surface area contributed by atoms with Crippen LogP contribution in [0.3, 0.4) is 0 Å². The van der Waals surface area contributed by atoms with Crippen LogP contribution in [0.2, 0.25) is 0 Å². The van der Waals surface area contributed by atoms with Crippen LogP contribution in [0.15, 0.2) is 46.9 Å². The van der Waals surface area contributed by atoms with Gasteiger partial charge in [0.15, 0.2) is 5.13 Å². The van der Waals surface area contributed by atoms with E-state index in [0.29, 0.717) is 0 Å². The number of thiazole rings is 1. The zero-order valence-corrected chi connectivity index (χ0v) is 14.4. The number of carbonyl (C=O) groups excluding carboxylic acids is 1. The molecule has 3 rings (SSSR count). The van der Waals surface area contributed by atoms with E-state index >= 15 is 0 Å². The van der Waals surface area contributed by atoms with E-state index in [1.54, 1.807) is 18.3 Å². The van der Waals surface area contributed by atoms with Crippen molar-refractivity contribution in [2.75, 3.05) is 5.32 Å². The molecule has 118 valence electrons. The molecule has 0 saturated heterocycles. The van der Waals surface area contributed by atoms with Crippen molar-refractivity contribution in [1.82, 2.24) is 10.4 Å². The van der Waals surface area contributed by atoms with Crippen LogP contribution >= 0.6 is 22.7 Å². The predicted molar refractivity (Wildman–Crippen MR) is 97.4 cm³/mol. The molecular formula is C16H16N4OS2. The molecule has 2 heterocycles. The van der Waals surface area contributed by atoms with Crippen molar-refractivity contribution >= 4 is 49.6 Å². The van der Waals surface area contributed by atoms with Crippen LogP contribution in [0.1, 0.15) is 18.7 Å². The summed E-state index contributed by atoms with van der Waals surface area (Å²) in [5, 5.41) is 9.97. The maximum absolute atomic E-state index is 12.1. The second-order valence-corrected chi connectivity index (χ2v) is 6.98. The summed E-state index contributed by atoms with van der Waals surface area (Å²) in [7, 11) is 0. The number of nitrogens with one attached hydrogen (secondary N) is 2. The number of hydrazone groups is 1. The Morgan fingerprint density at radius 1 is 1.26 bits per heavy atom. The van der Waals surface area contributed by atoms with Crippen molar-refractivity contribution in [2.24, 2.45) is 5.10 Å². The number of nitrogens with zero attached hydrogens (tertiary/aromatic N) is 2. The minimum atomic E-state index is -0.421. The van der Waals surface area contributed by atoms with Gasteiger partial charge in [-0.1, -0.05) is 29.5 Å². The lowest BCUT2D eigenvalue weighted by Gasteiger charge is -2.10. The van der Waals surface area contributed by atoms with Gasteiger partial charge in [0.2, 0.25) is 0 Å². The predicted octanol–water partition coefficient (Wildman–Crippen LogP) is 3.70. The molecule has 3 aromatic rings. The molecule has 1 aromatic carbocycles. The number of thiophene rings is 1. The molecule has 0 aliphatic carbocycles. The molecule has 0 unspecified atom stereocenters. The Labute approximate surface area is 142 Å². The number of hydrogen-bond acceptors (Lipinski definition) is 6. The fourth-order valence-corrected chi connectivity index (χ4v) is 3.59. The molecule has 0 aliphatic heterocycles. The van der Waals surface area contributed by atoms with Crippen molar-refractivity contribution in [1.29, 1.82) is 0 Å². The van der Waals surface area contributed by atoms with Crippen molar-refractivity contribution in [3.63, 3.8) is 0 Å². The number of para-hydroxylation sites is 1. The zero-order valence-electron chi connectivity index (χ0n) is 12.7. The Hall–Kier alpha value is -2.25. The Kier molecular flexibility index (Phi) is 4.68. The van der Waals surface area contributed by atoms with Gasteiger partial charge in [0, 0.05) is 4.88 Å². The Balaban J connectivity index is 1.62. The van der Waals surface area contributed by atoms with Crippen LogP contribution in [0.25, 0.3) is 10.2 Å². The molecule has 1 amide bonds. The smallest absolute Gasteiger partial charge is 0.262 e. The van der Waals surface area contributed by atoms with Gasteiger partial charge in [-0.05, 0) is 37.4 Å². The van der Waals surface area contributed by atoms with Crippen LogP contribution in [0.5, 0.6) is 0 Å². The van der Waals surface area contributed by atoms with Gasteiger partial charge < -0.3 is 5.32 Å². The van der Waals surface area contributed by atoms with E-state index in [0.717, 1.165) is 25.9 Å². The maximum Gasteiger partial charge on any atom is 0.262 e. The normalized spacial score (nSPS) is 13.0. The van der Waals surface area contributed by atoms with Gasteiger partial charge in [0.05, 0.1) is 15.9 Å². The number of fused-ring (bicyclic) bond motifs is 1. The molecular weight excluding hydrogens is 328 g/mol. The molecule has 2 N–H and O–H groups in total. The molecule has 0 bridgehead atoms. The third-order valence-corrected chi connectivity index (χ3v) is 5.18. The first kappa shape index (κ1) is 15.6. The summed E-state index contributed by atoms with van der Waals surface area (Å²) in [4.78, 5) is 17.6. The largest absolute Gasteiger partial charge is 0.350 e. The summed E-state index contributed by atoms with van der Waals surface area (Å²) in [6.45, 7) is 3.66. The summed E-state index contributed by atoms with van der Waals surface area (Å²) in [6.07, 6.45) is 0. The number of rotatable bonds is 5. The first-order valence-corrected chi connectivity index (χ1v) is 8.83. The van der Waals surface area contributed by atoms with E-state index in [2.05, 4.69) is 20.8 Å². The molecule has 0 aliphatic rings. The number of aromatic nitrogens is 1. The Morgan fingerprint density at radius 3 is 2.83 bits per heavy atom. The summed E-state index contributed by atoms with van der Waals surface area (Å²) in [5.74, 6) is -0.194. The van der Waals surface area contributed by atoms with Gasteiger partial charge in [-0.2, -0.15) is 5.10 Å². The van der Waals surface area contributed by atoms with E-state index in [1.807, 2.05) is 48.7 Å². The quantitative estimate of drug-likeness (QED) is 0.548. The highest BCUT2D eigenvalue weighted by Gasteiger charge is 2.14. The highest BCUT2D eigenvalue weighted by Crippen LogP contribution is 2.25. The first-order chi connectivity index (χ1) is 11.1. The number of carbonyl (C=O) groups is 1. The number of anilines is 1.